The van der Waals surface area contributed by atoms with E-state index in [1.54, 1.807) is 23.1 Å². The second-order valence-electron chi connectivity index (χ2n) is 8.64. The number of hydrogen-bond donors (Lipinski definition) is 1. The highest BCUT2D eigenvalue weighted by atomic mass is 35.5. The van der Waals surface area contributed by atoms with Gasteiger partial charge in [-0.2, -0.15) is 8.42 Å². The maximum absolute atomic E-state index is 12.8. The van der Waals surface area contributed by atoms with E-state index < -0.39 is 10.1 Å². The van der Waals surface area contributed by atoms with Crippen LogP contribution in [0.2, 0.25) is 10.0 Å². The number of benzene rings is 2. The fraction of sp³-hybridized carbons (Fsp3) is 0.409. The molecule has 7 nitrogen and oxygen atoms in total. The van der Waals surface area contributed by atoms with Gasteiger partial charge in [0.1, 0.15) is 4.90 Å². The van der Waals surface area contributed by atoms with Crippen LogP contribution < -0.4 is 14.2 Å². The van der Waals surface area contributed by atoms with Gasteiger partial charge < -0.3 is 19.1 Å². The lowest BCUT2D eigenvalue weighted by atomic mass is 10.1. The summed E-state index contributed by atoms with van der Waals surface area (Å²) in [6.45, 7) is 6.06. The van der Waals surface area contributed by atoms with Gasteiger partial charge >= 0.3 is 16.1 Å². The Bertz CT molecular complexity index is 1110. The van der Waals surface area contributed by atoms with Gasteiger partial charge in [0, 0.05) is 18.1 Å². The van der Waals surface area contributed by atoms with E-state index in [-0.39, 0.29) is 44.1 Å². The largest absolute Gasteiger partial charge is 0.493 e. The Labute approximate surface area is 198 Å². The van der Waals surface area contributed by atoms with E-state index in [2.05, 4.69) is 5.32 Å². The molecule has 2 aromatic carbocycles. The summed E-state index contributed by atoms with van der Waals surface area (Å²) in [4.78, 5) is 14.4. The molecule has 10 heteroatoms. The number of methoxy groups -OCH3 is 1. The summed E-state index contributed by atoms with van der Waals surface area (Å²) in [5, 5.41) is 3.31. The fourth-order valence-electron chi connectivity index (χ4n) is 3.03. The maximum atomic E-state index is 12.8. The second kappa shape index (κ2) is 9.37. The average Bonchev–Trinajstić information content (AvgIpc) is 3.51. The monoisotopic (exact) mass is 500 g/mol. The third-order valence-corrected chi connectivity index (χ3v) is 6.66. The molecule has 0 aliphatic heterocycles. The van der Waals surface area contributed by atoms with Crippen molar-refractivity contribution in [3.05, 3.63) is 52.0 Å². The van der Waals surface area contributed by atoms with Gasteiger partial charge in [0.2, 0.25) is 0 Å². The number of urea groups is 1. The van der Waals surface area contributed by atoms with Crippen LogP contribution in [0.25, 0.3) is 0 Å². The van der Waals surface area contributed by atoms with Gasteiger partial charge in [0.15, 0.2) is 11.5 Å². The number of nitrogens with one attached hydrogen (secondary N) is 1. The minimum atomic E-state index is -4.19. The first-order valence-electron chi connectivity index (χ1n) is 10.0. The Morgan fingerprint density at radius 3 is 2.34 bits per heavy atom. The molecule has 0 saturated heterocycles. The van der Waals surface area contributed by atoms with Crippen molar-refractivity contribution in [3.8, 4) is 11.5 Å². The van der Waals surface area contributed by atoms with Crippen LogP contribution in [0.3, 0.4) is 0 Å². The van der Waals surface area contributed by atoms with E-state index >= 15 is 0 Å². The first-order chi connectivity index (χ1) is 14.9. The topological polar surface area (TPSA) is 84.9 Å². The number of rotatable bonds is 7. The van der Waals surface area contributed by atoms with Gasteiger partial charge in [0.05, 0.1) is 17.2 Å². The molecule has 1 N–H and O–H groups in total. The van der Waals surface area contributed by atoms with E-state index in [9.17, 15) is 13.2 Å². The molecule has 2 aromatic rings. The molecule has 0 heterocycles. The zero-order chi connectivity index (χ0) is 23.7. The number of carbonyl (C=O) groups is 1. The van der Waals surface area contributed by atoms with Crippen molar-refractivity contribution in [2.75, 3.05) is 7.11 Å². The number of halogens is 2. The molecule has 1 aliphatic carbocycles. The zero-order valence-electron chi connectivity index (χ0n) is 18.3. The zero-order valence-corrected chi connectivity index (χ0v) is 20.6. The van der Waals surface area contributed by atoms with Crippen molar-refractivity contribution >= 4 is 39.4 Å². The van der Waals surface area contributed by atoms with Gasteiger partial charge in [-0.1, -0.05) is 29.3 Å². The highest BCUT2D eigenvalue weighted by Gasteiger charge is 2.34. The van der Waals surface area contributed by atoms with Crippen molar-refractivity contribution in [2.24, 2.45) is 0 Å². The first-order valence-corrected chi connectivity index (χ1v) is 12.2. The Morgan fingerprint density at radius 1 is 1.09 bits per heavy atom. The highest BCUT2D eigenvalue weighted by molar-refractivity contribution is 7.87. The van der Waals surface area contributed by atoms with Crippen molar-refractivity contribution in [1.29, 1.82) is 0 Å². The predicted octanol–water partition coefficient (Wildman–Crippen LogP) is 5.24. The lowest BCUT2D eigenvalue weighted by Gasteiger charge is -2.28. The van der Waals surface area contributed by atoms with Crippen molar-refractivity contribution in [3.63, 3.8) is 0 Å². The van der Waals surface area contributed by atoms with Crippen molar-refractivity contribution in [1.82, 2.24) is 10.2 Å². The minimum absolute atomic E-state index is 0.0167. The van der Waals surface area contributed by atoms with E-state index in [4.69, 9.17) is 32.1 Å². The number of hydrogen-bond acceptors (Lipinski definition) is 5. The summed E-state index contributed by atoms with van der Waals surface area (Å²) in [5.41, 5.74) is 0.341. The average molecular weight is 501 g/mol. The summed E-state index contributed by atoms with van der Waals surface area (Å²) in [6.07, 6.45) is 1.87. The first kappa shape index (κ1) is 24.5. The third kappa shape index (κ3) is 6.21. The number of amides is 2. The lowest BCUT2D eigenvalue weighted by Crippen LogP contribution is -2.49. The molecule has 0 bridgehead atoms. The molecule has 1 saturated carbocycles. The molecule has 1 fully saturated rings. The molecular weight excluding hydrogens is 475 g/mol. The molecule has 1 aliphatic rings. The Morgan fingerprint density at radius 2 is 1.78 bits per heavy atom. The standard InChI is InChI=1S/C22H26Cl2N2O5S/c1-22(2,3)25-21(27)26(15-6-7-15)13-14-5-10-19(30-4)20(11-14)31-32(28,29)16-8-9-17(23)18(24)12-16/h5,8-12,15H,6-7,13H2,1-4H3,(H,25,27). The normalized spacial score (nSPS) is 14.1. The van der Waals surface area contributed by atoms with Gasteiger partial charge in [-0.05, 0) is 69.5 Å². The van der Waals surface area contributed by atoms with E-state index in [0.29, 0.717) is 12.1 Å². The van der Waals surface area contributed by atoms with Crippen LogP contribution in [0.15, 0.2) is 41.3 Å². The van der Waals surface area contributed by atoms with Crippen molar-refractivity contribution in [2.45, 2.75) is 56.6 Å². The molecule has 0 radical (unpaired) electrons. The van der Waals surface area contributed by atoms with Gasteiger partial charge in [-0.25, -0.2) is 4.79 Å². The maximum Gasteiger partial charge on any atom is 0.339 e. The Kier molecular flexibility index (Phi) is 7.17. The third-order valence-electron chi connectivity index (χ3n) is 4.69. The number of nitrogens with zero attached hydrogens (tertiary/aromatic N) is 1. The summed E-state index contributed by atoms with van der Waals surface area (Å²) < 4.78 is 36.2. The highest BCUT2D eigenvalue weighted by Crippen LogP contribution is 2.34. The summed E-state index contributed by atoms with van der Waals surface area (Å²) in [5.74, 6) is 0.262. The van der Waals surface area contributed by atoms with Crippen molar-refractivity contribution < 1.29 is 22.1 Å². The minimum Gasteiger partial charge on any atom is -0.493 e. The molecule has 32 heavy (non-hydrogen) atoms. The summed E-state index contributed by atoms with van der Waals surface area (Å²) in [7, 11) is -2.77. The predicted molar refractivity (Wildman–Crippen MR) is 124 cm³/mol. The second-order valence-corrected chi connectivity index (χ2v) is 11.0. The van der Waals surface area contributed by atoms with Crippen LogP contribution in [0.5, 0.6) is 11.5 Å². The van der Waals surface area contributed by atoms with E-state index in [1.807, 2.05) is 20.8 Å². The lowest BCUT2D eigenvalue weighted by molar-refractivity contribution is 0.182. The molecule has 0 atom stereocenters. The fourth-order valence-corrected chi connectivity index (χ4v) is 4.35. The van der Waals surface area contributed by atoms with Crippen LogP contribution in [0, 0.1) is 0 Å². The molecule has 3 rings (SSSR count). The molecule has 0 unspecified atom stereocenters. The Balaban J connectivity index is 1.86. The molecule has 0 aromatic heterocycles. The smallest absolute Gasteiger partial charge is 0.339 e. The summed E-state index contributed by atoms with van der Waals surface area (Å²) in [6, 6.07) is 8.86. The molecule has 0 spiro atoms. The number of carbonyl (C=O) groups excluding carboxylic acids is 1. The van der Waals surface area contributed by atoms with Gasteiger partial charge in [-0.15, -0.1) is 0 Å². The van der Waals surface area contributed by atoms with Gasteiger partial charge in [0.25, 0.3) is 0 Å². The molecule has 174 valence electrons. The van der Waals surface area contributed by atoms with Crippen LogP contribution in [0.4, 0.5) is 4.79 Å². The van der Waals surface area contributed by atoms with Crippen LogP contribution >= 0.6 is 23.2 Å². The Hall–Kier alpha value is -2.16. The van der Waals surface area contributed by atoms with E-state index in [0.717, 1.165) is 12.8 Å². The van der Waals surface area contributed by atoms with Crippen LogP contribution in [0.1, 0.15) is 39.2 Å². The molecular formula is C22H26Cl2N2O5S. The SMILES string of the molecule is COc1ccc(CN(C(=O)NC(C)(C)C)C2CC2)cc1OS(=O)(=O)c1ccc(Cl)c(Cl)c1. The quantitative estimate of drug-likeness (QED) is 0.525. The van der Waals surface area contributed by atoms with Crippen LogP contribution in [-0.4, -0.2) is 38.0 Å². The van der Waals surface area contributed by atoms with Gasteiger partial charge in [-0.3, -0.25) is 0 Å². The van der Waals surface area contributed by atoms with Crippen LogP contribution in [-0.2, 0) is 16.7 Å². The van der Waals surface area contributed by atoms with E-state index in [1.165, 1.54) is 25.3 Å². The molecule has 2 amide bonds. The number of ether oxygens (including phenoxy) is 1. The summed E-state index contributed by atoms with van der Waals surface area (Å²) >= 11 is 11.8.